The lowest BCUT2D eigenvalue weighted by Crippen LogP contribution is -2.24. The van der Waals surface area contributed by atoms with E-state index in [9.17, 15) is 9.50 Å². The van der Waals surface area contributed by atoms with Crippen molar-refractivity contribution in [3.63, 3.8) is 0 Å². The summed E-state index contributed by atoms with van der Waals surface area (Å²) in [6.45, 7) is 2.70. The van der Waals surface area contributed by atoms with Crippen molar-refractivity contribution in [1.29, 1.82) is 0 Å². The Morgan fingerprint density at radius 2 is 2.05 bits per heavy atom. The van der Waals surface area contributed by atoms with Crippen LogP contribution in [0.15, 0.2) is 18.2 Å². The van der Waals surface area contributed by atoms with Crippen molar-refractivity contribution in [3.8, 4) is 5.75 Å². The van der Waals surface area contributed by atoms with E-state index in [0.717, 1.165) is 0 Å². The first kappa shape index (κ1) is 16.8. The summed E-state index contributed by atoms with van der Waals surface area (Å²) >= 11 is 0. The van der Waals surface area contributed by atoms with E-state index >= 15 is 0 Å². The zero-order valence-electron chi connectivity index (χ0n) is 11.8. The Morgan fingerprint density at radius 3 is 2.65 bits per heavy atom. The average Bonchev–Trinajstić information content (AvgIpc) is 2.42. The topological polar surface area (TPSA) is 73.9 Å². The van der Waals surface area contributed by atoms with Crippen LogP contribution in [0.3, 0.4) is 0 Å². The number of hydrogen-bond acceptors (Lipinski definition) is 5. The van der Waals surface area contributed by atoms with Gasteiger partial charge in [-0.05, 0) is 24.6 Å². The van der Waals surface area contributed by atoms with E-state index in [0.29, 0.717) is 18.8 Å². The van der Waals surface area contributed by atoms with E-state index in [2.05, 4.69) is 0 Å². The van der Waals surface area contributed by atoms with E-state index in [1.54, 1.807) is 20.1 Å². The molecule has 1 unspecified atom stereocenters. The highest BCUT2D eigenvalue weighted by Crippen LogP contribution is 2.21. The molecule has 0 fully saturated rings. The third-order valence-corrected chi connectivity index (χ3v) is 2.65. The standard InChI is InChI=1S/C14H22FNO4/c1-10(16)11-3-4-14(13(15)7-11)20-9-12(17)8-19-6-5-18-2/h3-4,7,10,12,17H,5-6,8-9,16H2,1-2H3/t10-,12?/m0/s1. The molecule has 0 bridgehead atoms. The fourth-order valence-corrected chi connectivity index (χ4v) is 1.51. The summed E-state index contributed by atoms with van der Waals surface area (Å²) in [7, 11) is 1.57. The SMILES string of the molecule is COCCOCC(O)COc1ccc([C@H](C)N)cc1F. The van der Waals surface area contributed by atoms with Gasteiger partial charge in [-0.15, -0.1) is 0 Å². The molecule has 0 aliphatic rings. The summed E-state index contributed by atoms with van der Waals surface area (Å²) in [5.74, 6) is -0.405. The molecule has 114 valence electrons. The van der Waals surface area contributed by atoms with Crippen molar-refractivity contribution in [3.05, 3.63) is 29.6 Å². The molecule has 1 aromatic rings. The highest BCUT2D eigenvalue weighted by molar-refractivity contribution is 5.30. The first-order valence-electron chi connectivity index (χ1n) is 6.47. The highest BCUT2D eigenvalue weighted by Gasteiger charge is 2.10. The van der Waals surface area contributed by atoms with Gasteiger partial charge in [0, 0.05) is 13.2 Å². The number of halogens is 1. The van der Waals surface area contributed by atoms with Gasteiger partial charge in [0.25, 0.3) is 0 Å². The zero-order chi connectivity index (χ0) is 15.0. The fraction of sp³-hybridized carbons (Fsp3) is 0.571. The van der Waals surface area contributed by atoms with E-state index in [-0.39, 0.29) is 25.0 Å². The van der Waals surface area contributed by atoms with Crippen LogP contribution in [0.25, 0.3) is 0 Å². The van der Waals surface area contributed by atoms with Crippen LogP contribution in [0.2, 0.25) is 0 Å². The fourth-order valence-electron chi connectivity index (χ4n) is 1.51. The van der Waals surface area contributed by atoms with Crippen LogP contribution in [0.1, 0.15) is 18.5 Å². The Kier molecular flexibility index (Phi) is 7.46. The number of benzene rings is 1. The summed E-state index contributed by atoms with van der Waals surface area (Å²) in [4.78, 5) is 0. The molecule has 2 atom stereocenters. The molecule has 0 saturated carbocycles. The van der Waals surface area contributed by atoms with Gasteiger partial charge in [-0.25, -0.2) is 4.39 Å². The summed E-state index contributed by atoms with van der Waals surface area (Å²) in [5.41, 5.74) is 6.35. The Morgan fingerprint density at radius 1 is 1.30 bits per heavy atom. The second-order valence-electron chi connectivity index (χ2n) is 4.51. The van der Waals surface area contributed by atoms with Crippen molar-refractivity contribution < 1.29 is 23.7 Å². The number of nitrogens with two attached hydrogens (primary N) is 1. The second kappa shape index (κ2) is 8.86. The number of aliphatic hydroxyl groups excluding tert-OH is 1. The van der Waals surface area contributed by atoms with Gasteiger partial charge in [-0.2, -0.15) is 0 Å². The second-order valence-corrected chi connectivity index (χ2v) is 4.51. The number of methoxy groups -OCH3 is 1. The van der Waals surface area contributed by atoms with Crippen molar-refractivity contribution >= 4 is 0 Å². The van der Waals surface area contributed by atoms with E-state index < -0.39 is 11.9 Å². The molecule has 1 aromatic carbocycles. The van der Waals surface area contributed by atoms with Gasteiger partial charge in [0.15, 0.2) is 11.6 Å². The molecule has 5 nitrogen and oxygen atoms in total. The van der Waals surface area contributed by atoms with Gasteiger partial charge in [0.05, 0.1) is 19.8 Å². The third kappa shape index (κ3) is 5.83. The van der Waals surface area contributed by atoms with Gasteiger partial charge in [0.2, 0.25) is 0 Å². The van der Waals surface area contributed by atoms with Crippen LogP contribution in [-0.2, 0) is 9.47 Å². The Bertz CT molecular complexity index is 401. The molecule has 0 radical (unpaired) electrons. The van der Waals surface area contributed by atoms with Crippen LogP contribution < -0.4 is 10.5 Å². The molecule has 0 aliphatic heterocycles. The van der Waals surface area contributed by atoms with Crippen molar-refractivity contribution in [1.82, 2.24) is 0 Å². The number of rotatable bonds is 9. The quantitative estimate of drug-likeness (QED) is 0.669. The highest BCUT2D eigenvalue weighted by atomic mass is 19.1. The minimum absolute atomic E-state index is 0.0403. The molecule has 0 aliphatic carbocycles. The number of hydrogen-bond donors (Lipinski definition) is 2. The molecule has 20 heavy (non-hydrogen) atoms. The van der Waals surface area contributed by atoms with Crippen LogP contribution in [0.4, 0.5) is 4.39 Å². The maximum atomic E-state index is 13.7. The molecular formula is C14H22FNO4. The molecule has 0 spiro atoms. The van der Waals surface area contributed by atoms with Gasteiger partial charge < -0.3 is 25.1 Å². The zero-order valence-corrected chi connectivity index (χ0v) is 11.8. The van der Waals surface area contributed by atoms with E-state index in [4.69, 9.17) is 19.9 Å². The maximum absolute atomic E-state index is 13.7. The Hall–Kier alpha value is -1.21. The van der Waals surface area contributed by atoms with E-state index in [1.165, 1.54) is 12.1 Å². The van der Waals surface area contributed by atoms with Crippen molar-refractivity contribution in [2.45, 2.75) is 19.1 Å². The molecule has 0 amide bonds. The third-order valence-electron chi connectivity index (χ3n) is 2.65. The largest absolute Gasteiger partial charge is 0.488 e. The summed E-state index contributed by atoms with van der Waals surface area (Å²) < 4.78 is 28.9. The molecule has 0 saturated heterocycles. The molecule has 0 aromatic heterocycles. The molecule has 1 rings (SSSR count). The molecule has 0 heterocycles. The lowest BCUT2D eigenvalue weighted by Gasteiger charge is -2.14. The first-order chi connectivity index (χ1) is 9.54. The van der Waals surface area contributed by atoms with Gasteiger partial charge in [0.1, 0.15) is 12.7 Å². The van der Waals surface area contributed by atoms with Crippen molar-refractivity contribution in [2.75, 3.05) is 33.5 Å². The van der Waals surface area contributed by atoms with Gasteiger partial charge >= 0.3 is 0 Å². The molecule has 6 heteroatoms. The number of ether oxygens (including phenoxy) is 3. The number of aliphatic hydroxyl groups is 1. The first-order valence-corrected chi connectivity index (χ1v) is 6.47. The van der Waals surface area contributed by atoms with Crippen LogP contribution >= 0.6 is 0 Å². The molecular weight excluding hydrogens is 265 g/mol. The van der Waals surface area contributed by atoms with Crippen molar-refractivity contribution in [2.24, 2.45) is 5.73 Å². The van der Waals surface area contributed by atoms with Gasteiger partial charge in [-0.1, -0.05) is 6.07 Å². The Balaban J connectivity index is 2.37. The average molecular weight is 287 g/mol. The minimum Gasteiger partial charge on any atom is -0.488 e. The predicted molar refractivity (Wildman–Crippen MR) is 73.2 cm³/mol. The van der Waals surface area contributed by atoms with Gasteiger partial charge in [-0.3, -0.25) is 0 Å². The normalized spacial score (nSPS) is 14.1. The van der Waals surface area contributed by atoms with E-state index in [1.807, 2.05) is 0 Å². The summed E-state index contributed by atoms with van der Waals surface area (Å²) in [5, 5.41) is 9.61. The minimum atomic E-state index is -0.820. The monoisotopic (exact) mass is 287 g/mol. The molecule has 3 N–H and O–H groups in total. The van der Waals surface area contributed by atoms with Crippen LogP contribution in [0.5, 0.6) is 5.75 Å². The summed E-state index contributed by atoms with van der Waals surface area (Å²) in [6.07, 6.45) is -0.820. The predicted octanol–water partition coefficient (Wildman–Crippen LogP) is 1.25. The van der Waals surface area contributed by atoms with Crippen LogP contribution in [0, 0.1) is 5.82 Å². The maximum Gasteiger partial charge on any atom is 0.165 e. The lowest BCUT2D eigenvalue weighted by atomic mass is 10.1. The smallest absolute Gasteiger partial charge is 0.165 e. The summed E-state index contributed by atoms with van der Waals surface area (Å²) in [6, 6.07) is 4.30. The lowest BCUT2D eigenvalue weighted by molar-refractivity contribution is -0.00469. The Labute approximate surface area is 118 Å². The van der Waals surface area contributed by atoms with Crippen LogP contribution in [-0.4, -0.2) is 44.7 Å².